The first-order chi connectivity index (χ1) is 13.5. The highest BCUT2D eigenvalue weighted by Gasteiger charge is 2.32. The van der Waals surface area contributed by atoms with Crippen LogP contribution >= 0.6 is 0 Å². The Hall–Kier alpha value is -2.55. The molecule has 1 saturated heterocycles. The monoisotopic (exact) mass is 423 g/mol. The predicted molar refractivity (Wildman–Crippen MR) is 107 cm³/mol. The van der Waals surface area contributed by atoms with Gasteiger partial charge in [0, 0.05) is 23.1 Å². The highest BCUT2D eigenvalue weighted by molar-refractivity contribution is 7.91. The van der Waals surface area contributed by atoms with E-state index in [1.54, 1.807) is 6.07 Å². The molecule has 0 aliphatic carbocycles. The van der Waals surface area contributed by atoms with Gasteiger partial charge in [-0.25, -0.2) is 21.9 Å². The molecule has 156 valence electrons. The van der Waals surface area contributed by atoms with E-state index in [4.69, 9.17) is 0 Å². The molecular weight excluding hydrogens is 400 g/mol. The molecule has 1 aliphatic heterocycles. The van der Waals surface area contributed by atoms with E-state index in [-0.39, 0.29) is 28.5 Å². The van der Waals surface area contributed by atoms with Gasteiger partial charge in [-0.3, -0.25) is 4.79 Å². The molecule has 0 bridgehead atoms. The van der Waals surface area contributed by atoms with Gasteiger partial charge < -0.3 is 5.32 Å². The Morgan fingerprint density at radius 3 is 2.48 bits per heavy atom. The largest absolute Gasteiger partial charge is 0.307 e. The van der Waals surface area contributed by atoms with Gasteiger partial charge >= 0.3 is 0 Å². The summed E-state index contributed by atoms with van der Waals surface area (Å²) >= 11 is 0. The molecule has 3 rings (SSSR count). The maximum Gasteiger partial charge on any atom is 0.249 e. The second-order valence-electron chi connectivity index (χ2n) is 8.12. The number of nitrogens with one attached hydrogen (secondary N) is 1. The second kappa shape index (κ2) is 7.70. The van der Waals surface area contributed by atoms with Gasteiger partial charge in [0.15, 0.2) is 9.84 Å². The first-order valence-electron chi connectivity index (χ1n) is 9.20. The van der Waals surface area contributed by atoms with Gasteiger partial charge in [0.1, 0.15) is 17.5 Å². The average Bonchev–Trinajstić information content (AvgIpc) is 3.17. The van der Waals surface area contributed by atoms with Crippen LogP contribution in [0, 0.1) is 11.6 Å². The van der Waals surface area contributed by atoms with Crippen LogP contribution in [0.25, 0.3) is 6.08 Å². The van der Waals surface area contributed by atoms with Crippen molar-refractivity contribution in [2.24, 2.45) is 0 Å². The first-order valence-corrected chi connectivity index (χ1v) is 11.0. The molecule has 1 fully saturated rings. The number of hydrogen-bond donors (Lipinski definition) is 1. The van der Waals surface area contributed by atoms with Crippen molar-refractivity contribution in [3.05, 3.63) is 53.2 Å². The highest BCUT2D eigenvalue weighted by Crippen LogP contribution is 2.30. The summed E-state index contributed by atoms with van der Waals surface area (Å²) in [5, 5.41) is 7.17. The minimum atomic E-state index is -3.14. The molecule has 0 spiro atoms. The molecule has 6 nitrogen and oxygen atoms in total. The number of carbonyl (C=O) groups excluding carboxylic acids is 1. The fourth-order valence-electron chi connectivity index (χ4n) is 3.10. The van der Waals surface area contributed by atoms with Crippen LogP contribution in [-0.2, 0) is 20.0 Å². The number of nitrogens with zero attached hydrogens (tertiary/aromatic N) is 2. The third-order valence-electron chi connectivity index (χ3n) is 4.71. The van der Waals surface area contributed by atoms with E-state index < -0.39 is 27.4 Å². The van der Waals surface area contributed by atoms with Crippen molar-refractivity contribution < 1.29 is 22.0 Å². The van der Waals surface area contributed by atoms with Crippen LogP contribution in [0.2, 0.25) is 0 Å². The third-order valence-corrected chi connectivity index (χ3v) is 6.46. The number of halogens is 2. The lowest BCUT2D eigenvalue weighted by Gasteiger charge is -2.15. The van der Waals surface area contributed by atoms with Crippen LogP contribution in [0.3, 0.4) is 0 Å². The summed E-state index contributed by atoms with van der Waals surface area (Å²) in [5.74, 6) is -1.77. The van der Waals surface area contributed by atoms with Crippen molar-refractivity contribution in [2.75, 3.05) is 16.8 Å². The lowest BCUT2D eigenvalue weighted by molar-refractivity contribution is -0.111. The zero-order chi connectivity index (χ0) is 21.4. The molecule has 1 aromatic carbocycles. The van der Waals surface area contributed by atoms with Crippen LogP contribution in [0.15, 0.2) is 30.3 Å². The number of rotatable bonds is 4. The van der Waals surface area contributed by atoms with Gasteiger partial charge in [0.2, 0.25) is 5.91 Å². The molecule has 1 aliphatic rings. The average molecular weight is 423 g/mol. The van der Waals surface area contributed by atoms with Gasteiger partial charge in [0.05, 0.1) is 23.2 Å². The van der Waals surface area contributed by atoms with Gasteiger partial charge in [-0.2, -0.15) is 5.10 Å². The summed E-state index contributed by atoms with van der Waals surface area (Å²) in [5.41, 5.74) is 0.0728. The molecule has 0 saturated carbocycles. The summed E-state index contributed by atoms with van der Waals surface area (Å²) in [6, 6.07) is 4.77. The summed E-state index contributed by atoms with van der Waals surface area (Å²) < 4.78 is 52.7. The number of benzene rings is 1. The summed E-state index contributed by atoms with van der Waals surface area (Å²) in [7, 11) is -3.14. The Kier molecular flexibility index (Phi) is 5.62. The predicted octanol–water partition coefficient (Wildman–Crippen LogP) is 3.47. The van der Waals surface area contributed by atoms with E-state index in [9.17, 15) is 22.0 Å². The third kappa shape index (κ3) is 4.90. The van der Waals surface area contributed by atoms with E-state index in [2.05, 4.69) is 10.4 Å². The van der Waals surface area contributed by atoms with Crippen LogP contribution in [0.4, 0.5) is 14.6 Å². The fourth-order valence-corrected chi connectivity index (χ4v) is 4.79. The molecule has 0 radical (unpaired) electrons. The molecule has 0 unspecified atom stereocenters. The first kappa shape index (κ1) is 21.2. The Balaban J connectivity index is 1.86. The molecule has 1 aromatic heterocycles. The molecule has 2 heterocycles. The number of aromatic nitrogens is 2. The van der Waals surface area contributed by atoms with Gasteiger partial charge in [0.25, 0.3) is 0 Å². The second-order valence-corrected chi connectivity index (χ2v) is 10.4. The molecule has 1 amide bonds. The zero-order valence-electron chi connectivity index (χ0n) is 16.4. The number of amides is 1. The van der Waals surface area contributed by atoms with Crippen LogP contribution in [0.5, 0.6) is 0 Å². The van der Waals surface area contributed by atoms with Crippen molar-refractivity contribution >= 4 is 27.6 Å². The van der Waals surface area contributed by atoms with Crippen LogP contribution in [0.1, 0.15) is 44.5 Å². The van der Waals surface area contributed by atoms with Crippen LogP contribution in [-0.4, -0.2) is 35.6 Å². The minimum Gasteiger partial charge on any atom is -0.307 e. The van der Waals surface area contributed by atoms with Crippen molar-refractivity contribution in [3.63, 3.8) is 0 Å². The van der Waals surface area contributed by atoms with E-state index in [0.29, 0.717) is 17.9 Å². The van der Waals surface area contributed by atoms with Crippen molar-refractivity contribution in [1.82, 2.24) is 9.78 Å². The Morgan fingerprint density at radius 1 is 1.28 bits per heavy atom. The van der Waals surface area contributed by atoms with Gasteiger partial charge in [-0.15, -0.1) is 0 Å². The Bertz CT molecular complexity index is 1050. The molecular formula is C20H23F2N3O3S. The van der Waals surface area contributed by atoms with E-state index >= 15 is 0 Å². The number of anilines is 1. The van der Waals surface area contributed by atoms with Gasteiger partial charge in [-0.1, -0.05) is 26.8 Å². The molecule has 9 heteroatoms. The van der Waals surface area contributed by atoms with Crippen molar-refractivity contribution in [1.29, 1.82) is 0 Å². The number of carbonyl (C=O) groups is 1. The molecule has 29 heavy (non-hydrogen) atoms. The SMILES string of the molecule is CC(C)(C)c1cc(NC(=O)/C=C/c2c(F)cccc2F)n([C@H]2CCS(=O)(=O)C2)n1. The van der Waals surface area contributed by atoms with E-state index in [1.165, 1.54) is 10.7 Å². The number of sulfone groups is 1. The Labute approximate surface area is 168 Å². The van der Waals surface area contributed by atoms with E-state index in [1.807, 2.05) is 20.8 Å². The van der Waals surface area contributed by atoms with E-state index in [0.717, 1.165) is 24.3 Å². The lowest BCUT2D eigenvalue weighted by Crippen LogP contribution is -2.19. The molecule has 2 aromatic rings. The smallest absolute Gasteiger partial charge is 0.249 e. The lowest BCUT2D eigenvalue weighted by atomic mass is 9.92. The Morgan fingerprint density at radius 2 is 1.93 bits per heavy atom. The topological polar surface area (TPSA) is 81.1 Å². The standard InChI is InChI=1S/C20H23F2N3O3S/c1-20(2,3)17-11-18(25(24-17)13-9-10-29(27,28)12-13)23-19(26)8-7-14-15(21)5-4-6-16(14)22/h4-8,11,13H,9-10,12H2,1-3H3,(H,23,26)/b8-7+/t13-/m0/s1. The quantitative estimate of drug-likeness (QED) is 0.764. The molecule has 1 N–H and O–H groups in total. The summed E-state index contributed by atoms with van der Waals surface area (Å²) in [4.78, 5) is 12.4. The van der Waals surface area contributed by atoms with Gasteiger partial charge in [-0.05, 0) is 24.6 Å². The normalized spacial score (nSPS) is 19.0. The maximum atomic E-state index is 13.7. The highest BCUT2D eigenvalue weighted by atomic mass is 32.2. The minimum absolute atomic E-state index is 0.0442. The molecule has 1 atom stereocenters. The summed E-state index contributed by atoms with van der Waals surface area (Å²) in [6.45, 7) is 5.87. The fraction of sp³-hybridized carbons (Fsp3) is 0.400. The van der Waals surface area contributed by atoms with Crippen molar-refractivity contribution in [2.45, 2.75) is 38.6 Å². The van der Waals surface area contributed by atoms with Crippen LogP contribution < -0.4 is 5.32 Å². The summed E-state index contributed by atoms with van der Waals surface area (Å²) in [6.07, 6.45) is 2.50. The number of hydrogen-bond acceptors (Lipinski definition) is 4. The zero-order valence-corrected chi connectivity index (χ0v) is 17.3. The maximum absolute atomic E-state index is 13.7. The van der Waals surface area contributed by atoms with Crippen molar-refractivity contribution in [3.8, 4) is 0 Å².